The number of nitrogens with one attached hydrogen (secondary N) is 2. The van der Waals surface area contributed by atoms with Crippen LogP contribution in [0.1, 0.15) is 20.8 Å². The summed E-state index contributed by atoms with van der Waals surface area (Å²) in [4.78, 5) is 27.4. The zero-order valence-corrected chi connectivity index (χ0v) is 12.5. The number of amides is 1. The molecule has 1 aromatic carbocycles. The number of carbonyl (C=O) groups excluding carboxylic acids is 1. The summed E-state index contributed by atoms with van der Waals surface area (Å²) in [6, 6.07) is 9.16. The molecule has 3 rings (SSSR count). The lowest BCUT2D eigenvalue weighted by Crippen LogP contribution is -2.13. The molecule has 0 fully saturated rings. The number of H-pyrrole nitrogens is 1. The van der Waals surface area contributed by atoms with E-state index in [0.29, 0.717) is 10.6 Å². The largest absolute Gasteiger partial charge is 0.322 e. The van der Waals surface area contributed by atoms with Crippen LogP contribution in [0.15, 0.2) is 40.5 Å². The summed E-state index contributed by atoms with van der Waals surface area (Å²) in [5, 5.41) is 5.69. The minimum atomic E-state index is -0.143. The third kappa shape index (κ3) is 2.48. The highest BCUT2D eigenvalue weighted by atomic mass is 32.1. The fourth-order valence-electron chi connectivity index (χ4n) is 2.24. The third-order valence-electron chi connectivity index (χ3n) is 3.58. The lowest BCUT2D eigenvalue weighted by Gasteiger charge is -2.08. The maximum Gasteiger partial charge on any atom is 0.265 e. The van der Waals surface area contributed by atoms with E-state index >= 15 is 0 Å². The summed E-state index contributed by atoms with van der Waals surface area (Å²) in [6.45, 7) is 3.73. The fraction of sp³-hybridized carbons (Fsp3) is 0.125. The van der Waals surface area contributed by atoms with Crippen molar-refractivity contribution < 1.29 is 4.79 Å². The molecule has 0 aliphatic rings. The molecule has 2 heterocycles. The second kappa shape index (κ2) is 5.18. The number of pyridine rings is 1. The molecular formula is C16H14N2O2S. The molecule has 0 unspecified atom stereocenters. The number of aromatic nitrogens is 1. The molecule has 0 bridgehead atoms. The quantitative estimate of drug-likeness (QED) is 0.761. The van der Waals surface area contributed by atoms with Gasteiger partial charge in [0, 0.05) is 16.6 Å². The topological polar surface area (TPSA) is 62.0 Å². The highest BCUT2D eigenvalue weighted by molar-refractivity contribution is 7.12. The molecule has 2 N–H and O–H groups in total. The van der Waals surface area contributed by atoms with Gasteiger partial charge in [0.05, 0.1) is 10.4 Å². The number of aromatic amines is 1. The van der Waals surface area contributed by atoms with Crippen molar-refractivity contribution in [2.75, 3.05) is 5.32 Å². The molecule has 0 atom stereocenters. The van der Waals surface area contributed by atoms with Crippen molar-refractivity contribution in [2.24, 2.45) is 0 Å². The number of hydrogen-bond donors (Lipinski definition) is 2. The van der Waals surface area contributed by atoms with Crippen molar-refractivity contribution in [3.63, 3.8) is 0 Å². The Labute approximate surface area is 125 Å². The molecule has 0 saturated carbocycles. The molecule has 0 spiro atoms. The minimum Gasteiger partial charge on any atom is -0.322 e. The van der Waals surface area contributed by atoms with Gasteiger partial charge in [0.1, 0.15) is 0 Å². The Morgan fingerprint density at radius 1 is 1.19 bits per heavy atom. The Morgan fingerprint density at radius 2 is 2.00 bits per heavy atom. The number of hydrogen-bond acceptors (Lipinski definition) is 3. The van der Waals surface area contributed by atoms with Gasteiger partial charge >= 0.3 is 0 Å². The van der Waals surface area contributed by atoms with Crippen LogP contribution in [0, 0.1) is 13.8 Å². The van der Waals surface area contributed by atoms with Gasteiger partial charge < -0.3 is 10.3 Å². The van der Waals surface area contributed by atoms with E-state index in [0.717, 1.165) is 22.0 Å². The summed E-state index contributed by atoms with van der Waals surface area (Å²) < 4.78 is 0. The van der Waals surface area contributed by atoms with Crippen molar-refractivity contribution >= 4 is 33.8 Å². The van der Waals surface area contributed by atoms with Crippen LogP contribution in [0.25, 0.3) is 10.9 Å². The van der Waals surface area contributed by atoms with Crippen LogP contribution in [0.4, 0.5) is 5.69 Å². The van der Waals surface area contributed by atoms with E-state index in [2.05, 4.69) is 10.3 Å². The van der Waals surface area contributed by atoms with Crippen LogP contribution in [0.2, 0.25) is 0 Å². The summed E-state index contributed by atoms with van der Waals surface area (Å²) in [5.41, 5.74) is 2.98. The van der Waals surface area contributed by atoms with Crippen molar-refractivity contribution in [1.82, 2.24) is 4.98 Å². The highest BCUT2D eigenvalue weighted by Gasteiger charge is 2.09. The average Bonchev–Trinajstić information content (AvgIpc) is 2.99. The van der Waals surface area contributed by atoms with E-state index in [4.69, 9.17) is 0 Å². The highest BCUT2D eigenvalue weighted by Crippen LogP contribution is 2.21. The number of rotatable bonds is 2. The van der Waals surface area contributed by atoms with Gasteiger partial charge in [-0.1, -0.05) is 12.1 Å². The maximum absolute atomic E-state index is 12.0. The normalized spacial score (nSPS) is 10.8. The Morgan fingerprint density at radius 3 is 2.71 bits per heavy atom. The molecule has 2 aromatic heterocycles. The summed E-state index contributed by atoms with van der Waals surface area (Å²) in [6.07, 6.45) is 0. The molecule has 21 heavy (non-hydrogen) atoms. The van der Waals surface area contributed by atoms with Crippen molar-refractivity contribution in [2.45, 2.75) is 13.8 Å². The maximum atomic E-state index is 12.0. The van der Waals surface area contributed by atoms with Gasteiger partial charge in [-0.2, -0.15) is 0 Å². The molecule has 3 aromatic rings. The Bertz CT molecular complexity index is 879. The molecule has 5 heteroatoms. The fourth-order valence-corrected chi connectivity index (χ4v) is 2.86. The van der Waals surface area contributed by atoms with E-state index < -0.39 is 0 Å². The lowest BCUT2D eigenvalue weighted by atomic mass is 10.1. The van der Waals surface area contributed by atoms with Gasteiger partial charge in [0.2, 0.25) is 0 Å². The first kappa shape index (κ1) is 13.6. The Kier molecular flexibility index (Phi) is 3.35. The summed E-state index contributed by atoms with van der Waals surface area (Å²) in [5.74, 6) is -0.143. The van der Waals surface area contributed by atoms with E-state index in [1.807, 2.05) is 30.5 Å². The monoisotopic (exact) mass is 298 g/mol. The van der Waals surface area contributed by atoms with Crippen LogP contribution in [-0.4, -0.2) is 10.9 Å². The van der Waals surface area contributed by atoms with Crippen LogP contribution >= 0.6 is 11.3 Å². The van der Waals surface area contributed by atoms with Crippen molar-refractivity contribution in [3.05, 3.63) is 62.1 Å². The van der Waals surface area contributed by atoms with Crippen LogP contribution in [-0.2, 0) is 0 Å². The molecule has 0 saturated heterocycles. The predicted molar refractivity (Wildman–Crippen MR) is 86.3 cm³/mol. The van der Waals surface area contributed by atoms with Gasteiger partial charge in [-0.25, -0.2) is 0 Å². The Hall–Kier alpha value is -2.40. The molecule has 1 amide bonds. The number of thiophene rings is 1. The average molecular weight is 298 g/mol. The number of anilines is 1. The molecular weight excluding hydrogens is 284 g/mol. The first-order chi connectivity index (χ1) is 10.1. The smallest absolute Gasteiger partial charge is 0.265 e. The predicted octanol–water partition coefficient (Wildman–Crippen LogP) is 3.46. The molecule has 0 aliphatic heterocycles. The van der Waals surface area contributed by atoms with Crippen LogP contribution in [0.5, 0.6) is 0 Å². The zero-order valence-electron chi connectivity index (χ0n) is 11.7. The minimum absolute atomic E-state index is 0.0956. The Balaban J connectivity index is 2.00. The number of benzene rings is 1. The number of aryl methyl sites for hydroxylation is 1. The van der Waals surface area contributed by atoms with E-state index in [1.54, 1.807) is 19.1 Å². The van der Waals surface area contributed by atoms with E-state index in [1.165, 1.54) is 11.3 Å². The van der Waals surface area contributed by atoms with Crippen molar-refractivity contribution in [1.29, 1.82) is 0 Å². The second-order valence-corrected chi connectivity index (χ2v) is 5.84. The SMILES string of the molecule is Cc1c(C)c2ccc(NC(=O)c3cccs3)cc2[nH]c1=O. The first-order valence-corrected chi connectivity index (χ1v) is 7.42. The molecule has 4 nitrogen and oxygen atoms in total. The van der Waals surface area contributed by atoms with E-state index in [9.17, 15) is 9.59 Å². The molecule has 0 aliphatic carbocycles. The van der Waals surface area contributed by atoms with Gasteiger partial charge in [-0.05, 0) is 43.0 Å². The van der Waals surface area contributed by atoms with Gasteiger partial charge in [-0.15, -0.1) is 11.3 Å². The second-order valence-electron chi connectivity index (χ2n) is 4.90. The van der Waals surface area contributed by atoms with Crippen molar-refractivity contribution in [3.8, 4) is 0 Å². The summed E-state index contributed by atoms with van der Waals surface area (Å²) in [7, 11) is 0. The zero-order chi connectivity index (χ0) is 15.0. The standard InChI is InChI=1S/C16H14N2O2S/c1-9-10(2)15(19)18-13-8-11(5-6-12(9)13)17-16(20)14-4-3-7-21-14/h3-8H,1-2H3,(H,17,20)(H,18,19). The lowest BCUT2D eigenvalue weighted by molar-refractivity contribution is 0.103. The first-order valence-electron chi connectivity index (χ1n) is 6.54. The van der Waals surface area contributed by atoms with E-state index in [-0.39, 0.29) is 11.5 Å². The van der Waals surface area contributed by atoms with Crippen LogP contribution in [0.3, 0.4) is 0 Å². The molecule has 0 radical (unpaired) electrons. The van der Waals surface area contributed by atoms with Gasteiger partial charge in [0.25, 0.3) is 11.5 Å². The molecule has 106 valence electrons. The number of carbonyl (C=O) groups is 1. The third-order valence-corrected chi connectivity index (χ3v) is 4.45. The summed E-state index contributed by atoms with van der Waals surface area (Å²) >= 11 is 1.39. The number of fused-ring (bicyclic) bond motifs is 1. The van der Waals surface area contributed by atoms with Crippen LogP contribution < -0.4 is 10.9 Å². The van der Waals surface area contributed by atoms with Gasteiger partial charge in [-0.3, -0.25) is 9.59 Å². The van der Waals surface area contributed by atoms with Gasteiger partial charge in [0.15, 0.2) is 0 Å².